The van der Waals surface area contributed by atoms with Gasteiger partial charge in [0.2, 0.25) is 5.91 Å². The van der Waals surface area contributed by atoms with Gasteiger partial charge in [0.25, 0.3) is 11.8 Å². The van der Waals surface area contributed by atoms with Gasteiger partial charge in [0.1, 0.15) is 12.4 Å². The smallest absolute Gasteiger partial charge is 0.494 e. The van der Waals surface area contributed by atoms with Crippen LogP contribution in [0, 0.1) is 0 Å². The summed E-state index contributed by atoms with van der Waals surface area (Å²) in [6.07, 6.45) is 3.48. The van der Waals surface area contributed by atoms with Crippen LogP contribution in [0.1, 0.15) is 47.0 Å². The number of nitrogens with zero attached hydrogens (tertiary/aromatic N) is 1. The first kappa shape index (κ1) is 49.7. The minimum atomic E-state index is -0.480. The van der Waals surface area contributed by atoms with Gasteiger partial charge in [-0.1, -0.05) is 12.1 Å². The zero-order chi connectivity index (χ0) is 42.6. The van der Waals surface area contributed by atoms with E-state index < -0.39 is 25.0 Å². The van der Waals surface area contributed by atoms with Crippen molar-refractivity contribution in [2.75, 3.05) is 125 Å². The number of carbonyl (C=O) groups excluding carboxylic acids is 4. The minimum Gasteiger partial charge on any atom is -0.494 e. The molecule has 0 unspecified atom stereocenters. The van der Waals surface area contributed by atoms with Crippen molar-refractivity contribution in [3.8, 4) is 5.75 Å². The third-order valence-electron chi connectivity index (χ3n) is 9.24. The molecule has 18 nitrogen and oxygen atoms in total. The molecule has 0 aliphatic carbocycles. The van der Waals surface area contributed by atoms with Crippen LogP contribution in [-0.4, -0.2) is 172 Å². The molecule has 1 aromatic carbocycles. The molecule has 2 heterocycles. The monoisotopic (exact) mass is 837 g/mol. The maximum absolute atomic E-state index is 11.9. The molecule has 1 saturated heterocycles. The molecule has 3 rings (SSSR count). The molecule has 0 bridgehead atoms. The second-order valence-corrected chi connectivity index (χ2v) is 14.3. The Bertz CT molecular complexity index is 1370. The lowest BCUT2D eigenvalue weighted by Crippen LogP contribution is -2.41. The van der Waals surface area contributed by atoms with E-state index in [1.165, 1.54) is 12.2 Å². The quantitative estimate of drug-likeness (QED) is 0.0574. The van der Waals surface area contributed by atoms with Gasteiger partial charge in [-0.05, 0) is 58.1 Å². The zero-order valence-electron chi connectivity index (χ0n) is 35.2. The maximum atomic E-state index is 11.9. The van der Waals surface area contributed by atoms with E-state index in [9.17, 15) is 19.2 Å². The third kappa shape index (κ3) is 20.9. The van der Waals surface area contributed by atoms with Crippen molar-refractivity contribution in [2.24, 2.45) is 0 Å². The van der Waals surface area contributed by atoms with E-state index in [2.05, 4.69) is 10.6 Å². The Hall–Kier alpha value is -3.66. The summed E-state index contributed by atoms with van der Waals surface area (Å²) in [4.78, 5) is 47.6. The van der Waals surface area contributed by atoms with Crippen molar-refractivity contribution >= 4 is 36.4 Å². The van der Waals surface area contributed by atoms with Crippen molar-refractivity contribution in [2.45, 2.75) is 58.2 Å². The largest absolute Gasteiger partial charge is 0.494 e. The summed E-state index contributed by atoms with van der Waals surface area (Å²) in [5, 5.41) is 5.41. The second kappa shape index (κ2) is 28.7. The Kier molecular flexibility index (Phi) is 24.2. The first-order chi connectivity index (χ1) is 28.5. The molecular weight excluding hydrogens is 773 g/mol. The number of hydrogen-bond donors (Lipinski definition) is 2. The minimum absolute atomic E-state index is 0.0451. The molecule has 4 amide bonds. The molecule has 0 atom stereocenters. The summed E-state index contributed by atoms with van der Waals surface area (Å²) in [5.41, 5.74) is 0.183. The van der Waals surface area contributed by atoms with Gasteiger partial charge in [0.15, 0.2) is 0 Å². The number of nitrogens with one attached hydrogen (secondary N) is 2. The normalized spacial score (nSPS) is 15.6. The topological polar surface area (TPSA) is 197 Å². The number of amides is 4. The van der Waals surface area contributed by atoms with E-state index in [1.54, 1.807) is 0 Å². The van der Waals surface area contributed by atoms with Crippen LogP contribution in [0.2, 0.25) is 0 Å². The van der Waals surface area contributed by atoms with Crippen LogP contribution in [0.4, 0.5) is 4.79 Å². The fraction of sp³-hybridized carbons (Fsp3) is 0.700. The number of unbranched alkanes of at least 4 members (excludes halogenated alkanes) is 1. The second-order valence-electron chi connectivity index (χ2n) is 14.3. The van der Waals surface area contributed by atoms with Crippen LogP contribution in [0.25, 0.3) is 0 Å². The van der Waals surface area contributed by atoms with Crippen LogP contribution in [0.3, 0.4) is 0 Å². The molecule has 1 fully saturated rings. The standard InChI is InChI=1S/C40H64BN3O15/c1-39(2)40(3,4)59-41(58-39)33-7-9-34(10-8-33)56-17-6-5-14-43-38(48)57-32-31-55-30-29-54-28-27-53-26-25-52-24-23-51-22-21-50-20-19-49-18-15-42-35(45)13-16-44-36(46)11-12-37(44)47/h7-12H,5-6,13-32H2,1-4H3,(H,42,45)(H,43,48). The lowest BCUT2D eigenvalue weighted by atomic mass is 9.79. The number of carbonyl (C=O) groups is 4. The lowest BCUT2D eigenvalue weighted by Gasteiger charge is -2.32. The number of ether oxygens (including phenoxy) is 9. The molecule has 0 spiro atoms. The molecule has 1 aromatic rings. The number of alkyl carbamates (subject to hydrolysis) is 1. The van der Waals surface area contributed by atoms with Gasteiger partial charge in [0.05, 0.1) is 110 Å². The van der Waals surface area contributed by atoms with Crippen LogP contribution in [0.15, 0.2) is 36.4 Å². The van der Waals surface area contributed by atoms with Crippen LogP contribution in [0.5, 0.6) is 5.75 Å². The average molecular weight is 838 g/mol. The predicted octanol–water partition coefficient (Wildman–Crippen LogP) is 1.42. The summed E-state index contributed by atoms with van der Waals surface area (Å²) >= 11 is 0. The Morgan fingerprint density at radius 2 is 1.05 bits per heavy atom. The molecule has 2 aliphatic rings. The van der Waals surface area contributed by atoms with Crippen molar-refractivity contribution < 1.29 is 71.1 Å². The first-order valence-electron chi connectivity index (χ1n) is 20.3. The molecule has 2 aliphatic heterocycles. The molecular formula is C40H64BN3O15. The van der Waals surface area contributed by atoms with E-state index in [4.69, 9.17) is 51.9 Å². The van der Waals surface area contributed by atoms with Crippen LogP contribution in [-0.2, 0) is 61.6 Å². The summed E-state index contributed by atoms with van der Waals surface area (Å²) in [7, 11) is -0.402. The van der Waals surface area contributed by atoms with Gasteiger partial charge in [-0.25, -0.2) is 4.79 Å². The molecule has 332 valence electrons. The summed E-state index contributed by atoms with van der Waals surface area (Å²) in [6, 6.07) is 7.73. The van der Waals surface area contributed by atoms with E-state index in [1.807, 2.05) is 52.0 Å². The first-order valence-corrected chi connectivity index (χ1v) is 20.3. The number of rotatable bonds is 34. The van der Waals surface area contributed by atoms with E-state index in [0.717, 1.165) is 29.0 Å². The van der Waals surface area contributed by atoms with Gasteiger partial charge in [0, 0.05) is 38.2 Å². The molecule has 0 saturated carbocycles. The molecule has 0 aromatic heterocycles. The van der Waals surface area contributed by atoms with Crippen molar-refractivity contribution in [1.29, 1.82) is 0 Å². The Morgan fingerprint density at radius 3 is 1.54 bits per heavy atom. The highest BCUT2D eigenvalue weighted by atomic mass is 16.7. The highest BCUT2D eigenvalue weighted by Gasteiger charge is 2.51. The van der Waals surface area contributed by atoms with Gasteiger partial charge in [-0.2, -0.15) is 0 Å². The number of imide groups is 1. The zero-order valence-corrected chi connectivity index (χ0v) is 35.2. The lowest BCUT2D eigenvalue weighted by molar-refractivity contribution is -0.137. The predicted molar refractivity (Wildman–Crippen MR) is 215 cm³/mol. The summed E-state index contributed by atoms with van der Waals surface area (Å²) < 4.78 is 61.3. The SMILES string of the molecule is CC1(C)OB(c2ccc(OCCCCNC(=O)OCCOCCOCCOCCOCCOCCOCCOCCNC(=O)CCN3C(=O)C=CC3=O)cc2)OC1(C)C. The molecule has 19 heteroatoms. The van der Waals surface area contributed by atoms with Gasteiger partial charge < -0.3 is 62.6 Å². The number of benzene rings is 1. The Labute approximate surface area is 348 Å². The van der Waals surface area contributed by atoms with Gasteiger partial charge >= 0.3 is 13.2 Å². The molecule has 0 radical (unpaired) electrons. The van der Waals surface area contributed by atoms with Crippen LogP contribution < -0.4 is 20.8 Å². The van der Waals surface area contributed by atoms with Gasteiger partial charge in [-0.3, -0.25) is 19.3 Å². The van der Waals surface area contributed by atoms with Crippen molar-refractivity contribution in [1.82, 2.24) is 15.5 Å². The molecule has 2 N–H and O–H groups in total. The highest BCUT2D eigenvalue weighted by molar-refractivity contribution is 6.62. The van der Waals surface area contributed by atoms with Crippen LogP contribution >= 0.6 is 0 Å². The Morgan fingerprint density at radius 1 is 0.593 bits per heavy atom. The van der Waals surface area contributed by atoms with Gasteiger partial charge in [-0.15, -0.1) is 0 Å². The fourth-order valence-electron chi connectivity index (χ4n) is 5.19. The third-order valence-corrected chi connectivity index (χ3v) is 9.24. The Balaban J connectivity index is 0.955. The number of hydrogen-bond acceptors (Lipinski definition) is 15. The van der Waals surface area contributed by atoms with E-state index >= 15 is 0 Å². The maximum Gasteiger partial charge on any atom is 0.494 e. The summed E-state index contributed by atoms with van der Waals surface area (Å²) in [6.45, 7) is 15.3. The fourth-order valence-corrected chi connectivity index (χ4v) is 5.19. The van der Waals surface area contributed by atoms with E-state index in [-0.39, 0.29) is 43.3 Å². The summed E-state index contributed by atoms with van der Waals surface area (Å²) in [5.74, 6) is -0.296. The molecule has 59 heavy (non-hydrogen) atoms. The van der Waals surface area contributed by atoms with Crippen molar-refractivity contribution in [3.05, 3.63) is 36.4 Å². The average Bonchev–Trinajstić information content (AvgIpc) is 3.65. The highest BCUT2D eigenvalue weighted by Crippen LogP contribution is 2.36. The van der Waals surface area contributed by atoms with E-state index in [0.29, 0.717) is 106 Å². The van der Waals surface area contributed by atoms with Crippen molar-refractivity contribution in [3.63, 3.8) is 0 Å².